The lowest BCUT2D eigenvalue weighted by atomic mass is 10.2. The maximum Gasteiger partial charge on any atom is 0.494 e. The van der Waals surface area contributed by atoms with E-state index < -0.39 is 12.0 Å². The molecule has 0 aliphatic heterocycles. The molecule has 17 heavy (non-hydrogen) atoms. The van der Waals surface area contributed by atoms with Gasteiger partial charge in [0.2, 0.25) is 0 Å². The van der Waals surface area contributed by atoms with Crippen molar-refractivity contribution in [2.24, 2.45) is 5.73 Å². The molecule has 7 heteroatoms. The standard InChI is InChI=1S/C10H8ClF3N2.ClH/c11-8(16-9(15)10(12,13)14)6-7-4-2-1-3-5-7;/h1-6H,(H2,15,16);1H/b8-6-;. The number of hydrogen-bond acceptors (Lipinski definition) is 0. The van der Waals surface area contributed by atoms with Crippen molar-refractivity contribution in [3.8, 4) is 0 Å². The van der Waals surface area contributed by atoms with Gasteiger partial charge < -0.3 is 12.4 Å². The Labute approximate surface area is 107 Å². The summed E-state index contributed by atoms with van der Waals surface area (Å²) in [6.07, 6.45) is -3.26. The number of amidine groups is 1. The zero-order valence-corrected chi connectivity index (χ0v) is 9.94. The summed E-state index contributed by atoms with van der Waals surface area (Å²) in [6.45, 7) is 0. The highest BCUT2D eigenvalue weighted by Gasteiger charge is 2.39. The van der Waals surface area contributed by atoms with Gasteiger partial charge in [0.15, 0.2) is 5.16 Å². The molecule has 0 saturated heterocycles. The molecule has 0 aromatic heterocycles. The van der Waals surface area contributed by atoms with Crippen LogP contribution in [0, 0.1) is 0 Å². The molecule has 0 radical (unpaired) electrons. The number of halogens is 5. The summed E-state index contributed by atoms with van der Waals surface area (Å²) >= 11 is 5.57. The topological polar surface area (TPSA) is 40.0 Å². The fourth-order valence-corrected chi connectivity index (χ4v) is 1.16. The van der Waals surface area contributed by atoms with E-state index in [0.29, 0.717) is 5.56 Å². The number of benzene rings is 1. The molecule has 0 heterocycles. The first-order chi connectivity index (χ1) is 7.39. The highest BCUT2D eigenvalue weighted by molar-refractivity contribution is 6.29. The summed E-state index contributed by atoms with van der Waals surface area (Å²) in [5, 5.41) is -0.193. The average molecular weight is 285 g/mol. The van der Waals surface area contributed by atoms with Gasteiger partial charge in [0, 0.05) is 6.08 Å². The third-order valence-electron chi connectivity index (χ3n) is 1.65. The van der Waals surface area contributed by atoms with E-state index in [9.17, 15) is 13.2 Å². The van der Waals surface area contributed by atoms with E-state index in [4.69, 9.17) is 17.3 Å². The monoisotopic (exact) mass is 284 g/mol. The van der Waals surface area contributed by atoms with E-state index in [1.54, 1.807) is 30.3 Å². The molecular weight excluding hydrogens is 276 g/mol. The third kappa shape index (κ3) is 5.60. The molecule has 0 fully saturated rings. The van der Waals surface area contributed by atoms with Crippen LogP contribution in [-0.2, 0) is 0 Å². The van der Waals surface area contributed by atoms with Crippen LogP contribution in [0.3, 0.4) is 0 Å². The van der Waals surface area contributed by atoms with Crippen molar-refractivity contribution < 1.29 is 30.6 Å². The highest BCUT2D eigenvalue weighted by atomic mass is 35.5. The molecule has 0 saturated carbocycles. The molecule has 0 atom stereocenters. The Balaban J connectivity index is 0.00000256. The Morgan fingerprint density at radius 2 is 1.76 bits per heavy atom. The second kappa shape index (κ2) is 6.51. The molecule has 1 aromatic carbocycles. The van der Waals surface area contributed by atoms with E-state index in [2.05, 4.69) is 0 Å². The minimum absolute atomic E-state index is 0. The molecule has 94 valence electrons. The van der Waals surface area contributed by atoms with Crippen LogP contribution >= 0.6 is 11.6 Å². The molecule has 1 rings (SSSR count). The zero-order chi connectivity index (χ0) is 12.2. The number of hydrogen-bond donors (Lipinski definition) is 2. The van der Waals surface area contributed by atoms with E-state index in [1.165, 1.54) is 6.08 Å². The molecule has 3 N–H and O–H groups in total. The minimum atomic E-state index is -4.61. The third-order valence-corrected chi connectivity index (χ3v) is 1.86. The lowest BCUT2D eigenvalue weighted by Crippen LogP contribution is -3.00. The summed E-state index contributed by atoms with van der Waals surface area (Å²) in [5.74, 6) is -1.34. The number of alkyl halides is 3. The normalized spacial score (nSPS) is 13.2. The molecular formula is C10H9Cl2F3N2. The second-order valence-electron chi connectivity index (χ2n) is 2.94. The average Bonchev–Trinajstić information content (AvgIpc) is 2.17. The smallest absolute Gasteiger partial charge is 0.494 e. The Hall–Kier alpha value is -1.20. The summed E-state index contributed by atoms with van der Waals surface area (Å²) in [7, 11) is 0. The Bertz CT molecular complexity index is 413. The van der Waals surface area contributed by atoms with Crippen molar-refractivity contribution in [3.05, 3.63) is 41.1 Å². The number of nitrogens with one attached hydrogen (secondary N) is 1. The summed E-state index contributed by atoms with van der Waals surface area (Å²) in [5.41, 5.74) is 5.44. The van der Waals surface area contributed by atoms with Crippen molar-refractivity contribution in [1.29, 1.82) is 0 Å². The first kappa shape index (κ1) is 15.8. The summed E-state index contributed by atoms with van der Waals surface area (Å²) in [6, 6.07) is 8.68. The first-order valence-corrected chi connectivity index (χ1v) is 4.66. The van der Waals surface area contributed by atoms with E-state index in [0.717, 1.165) is 0 Å². The Morgan fingerprint density at radius 1 is 1.24 bits per heavy atom. The minimum Gasteiger partial charge on any atom is -1.00 e. The second-order valence-corrected chi connectivity index (χ2v) is 3.35. The number of rotatable bonds is 2. The van der Waals surface area contributed by atoms with Crippen molar-refractivity contribution in [2.75, 3.05) is 0 Å². The van der Waals surface area contributed by atoms with E-state index in [1.807, 2.05) is 4.99 Å². The van der Waals surface area contributed by atoms with Gasteiger partial charge >= 0.3 is 12.0 Å². The van der Waals surface area contributed by atoms with Gasteiger partial charge in [-0.05, 0) is 17.2 Å². The zero-order valence-electron chi connectivity index (χ0n) is 8.43. The van der Waals surface area contributed by atoms with Gasteiger partial charge in [0.05, 0.1) is 0 Å². The quantitative estimate of drug-likeness (QED) is 0.377. The van der Waals surface area contributed by atoms with Crippen LogP contribution in [0.5, 0.6) is 0 Å². The van der Waals surface area contributed by atoms with Crippen molar-refractivity contribution in [3.63, 3.8) is 0 Å². The maximum atomic E-state index is 12.0. The van der Waals surface area contributed by atoms with Gasteiger partial charge in [-0.2, -0.15) is 13.2 Å². The highest BCUT2D eigenvalue weighted by Crippen LogP contribution is 2.11. The largest absolute Gasteiger partial charge is 1.00 e. The molecule has 2 nitrogen and oxygen atoms in total. The van der Waals surface area contributed by atoms with Crippen molar-refractivity contribution in [1.82, 2.24) is 0 Å². The Morgan fingerprint density at radius 3 is 2.24 bits per heavy atom. The molecule has 0 spiro atoms. The number of nitrogens with two attached hydrogens (primary N) is 1. The van der Waals surface area contributed by atoms with Crippen LogP contribution in [0.25, 0.3) is 6.08 Å². The predicted molar refractivity (Wildman–Crippen MR) is 56.5 cm³/mol. The molecule has 0 aliphatic rings. The molecule has 0 bridgehead atoms. The van der Waals surface area contributed by atoms with Gasteiger partial charge in [0.1, 0.15) is 0 Å². The van der Waals surface area contributed by atoms with Gasteiger partial charge in [-0.1, -0.05) is 30.3 Å². The summed E-state index contributed by atoms with van der Waals surface area (Å²) in [4.78, 5) is 1.86. The van der Waals surface area contributed by atoms with Crippen LogP contribution in [0.1, 0.15) is 5.56 Å². The van der Waals surface area contributed by atoms with Gasteiger partial charge in [-0.25, -0.2) is 4.99 Å². The SMILES string of the molecule is N/C(=[NH+]/C(Cl)=C\c1ccccc1)C(F)(F)F.[Cl-]. The summed E-state index contributed by atoms with van der Waals surface area (Å²) < 4.78 is 36.1. The van der Waals surface area contributed by atoms with Crippen LogP contribution in [0.2, 0.25) is 0 Å². The van der Waals surface area contributed by atoms with Crippen molar-refractivity contribution >= 4 is 23.5 Å². The Kier molecular flexibility index (Phi) is 6.05. The van der Waals surface area contributed by atoms with Crippen LogP contribution < -0.4 is 23.1 Å². The van der Waals surface area contributed by atoms with Gasteiger partial charge in [-0.15, -0.1) is 0 Å². The maximum absolute atomic E-state index is 12.0. The fourth-order valence-electron chi connectivity index (χ4n) is 0.931. The van der Waals surface area contributed by atoms with E-state index >= 15 is 0 Å². The molecule has 0 aliphatic carbocycles. The van der Waals surface area contributed by atoms with Gasteiger partial charge in [0.25, 0.3) is 0 Å². The van der Waals surface area contributed by atoms with E-state index in [-0.39, 0.29) is 17.6 Å². The first-order valence-electron chi connectivity index (χ1n) is 4.28. The molecule has 0 unspecified atom stereocenters. The molecule has 1 aromatic rings. The predicted octanol–water partition coefficient (Wildman–Crippen LogP) is -1.77. The van der Waals surface area contributed by atoms with Crippen LogP contribution in [0.15, 0.2) is 35.5 Å². The van der Waals surface area contributed by atoms with Crippen LogP contribution in [-0.4, -0.2) is 12.0 Å². The fraction of sp³-hybridized carbons (Fsp3) is 0.100. The van der Waals surface area contributed by atoms with Gasteiger partial charge in [-0.3, -0.25) is 5.73 Å². The lowest BCUT2D eigenvalue weighted by Gasteiger charge is -1.98. The van der Waals surface area contributed by atoms with Crippen molar-refractivity contribution in [2.45, 2.75) is 6.18 Å². The molecule has 0 amide bonds. The lowest BCUT2D eigenvalue weighted by molar-refractivity contribution is -0.396. The van der Waals surface area contributed by atoms with Crippen LogP contribution in [0.4, 0.5) is 13.2 Å².